The van der Waals surface area contributed by atoms with Gasteiger partial charge in [0.1, 0.15) is 0 Å². The second-order valence-electron chi connectivity index (χ2n) is 6.22. The Bertz CT molecular complexity index is 924. The molecule has 0 aliphatic heterocycles. The Morgan fingerprint density at radius 2 is 1.74 bits per heavy atom. The fraction of sp³-hybridized carbons (Fsp3) is 0.190. The van der Waals surface area contributed by atoms with Crippen LogP contribution in [0.4, 0.5) is 0 Å². The molecule has 27 heavy (non-hydrogen) atoms. The maximum atomic E-state index is 12.2. The summed E-state index contributed by atoms with van der Waals surface area (Å²) in [5.74, 6) is 1.43. The average molecular weight is 363 g/mol. The zero-order valence-electron chi connectivity index (χ0n) is 15.5. The fourth-order valence-electron chi connectivity index (χ4n) is 2.51. The highest BCUT2D eigenvalue weighted by Crippen LogP contribution is 2.30. The third-order valence-electron chi connectivity index (χ3n) is 3.76. The molecule has 0 bridgehead atoms. The summed E-state index contributed by atoms with van der Waals surface area (Å²) in [5, 5.41) is 11.2. The van der Waals surface area contributed by atoms with E-state index in [1.54, 1.807) is 37.4 Å². The van der Waals surface area contributed by atoms with Gasteiger partial charge in [-0.25, -0.2) is 0 Å². The van der Waals surface area contributed by atoms with Crippen molar-refractivity contribution in [1.82, 2.24) is 15.5 Å². The number of ether oxygens (including phenoxy) is 2. The number of hydrogen-bond donors (Lipinski definition) is 1. The van der Waals surface area contributed by atoms with E-state index in [0.717, 1.165) is 5.56 Å². The van der Waals surface area contributed by atoms with Crippen LogP contribution in [0.15, 0.2) is 60.7 Å². The van der Waals surface area contributed by atoms with Crippen molar-refractivity contribution in [1.29, 1.82) is 0 Å². The quantitative estimate of drug-likeness (QED) is 0.714. The smallest absolute Gasteiger partial charge is 0.251 e. The van der Waals surface area contributed by atoms with E-state index in [4.69, 9.17) is 9.47 Å². The number of aromatic nitrogens is 2. The molecule has 0 aliphatic carbocycles. The van der Waals surface area contributed by atoms with Crippen molar-refractivity contribution in [2.45, 2.75) is 19.9 Å². The molecule has 6 nitrogen and oxygen atoms in total. The van der Waals surface area contributed by atoms with Crippen LogP contribution in [0.25, 0.3) is 11.3 Å². The van der Waals surface area contributed by atoms with Crippen LogP contribution in [0.2, 0.25) is 0 Å². The van der Waals surface area contributed by atoms with Crippen LogP contribution in [0.1, 0.15) is 24.2 Å². The summed E-state index contributed by atoms with van der Waals surface area (Å²) in [6.45, 7) is 3.85. The molecule has 0 saturated heterocycles. The lowest BCUT2D eigenvalue weighted by atomic mass is 10.1. The SMILES string of the molecule is COc1ccccc1Oc1ccc(-c2cccc(C(=O)NC(C)C)c2)nn1. The fourth-order valence-corrected chi connectivity index (χ4v) is 2.51. The molecule has 0 unspecified atom stereocenters. The molecule has 6 heteroatoms. The summed E-state index contributed by atoms with van der Waals surface area (Å²) in [6.07, 6.45) is 0. The summed E-state index contributed by atoms with van der Waals surface area (Å²) >= 11 is 0. The Hall–Kier alpha value is -3.41. The van der Waals surface area contributed by atoms with Crippen LogP contribution in [0.3, 0.4) is 0 Å². The van der Waals surface area contributed by atoms with Crippen LogP contribution < -0.4 is 14.8 Å². The summed E-state index contributed by atoms with van der Waals surface area (Å²) in [7, 11) is 1.58. The molecule has 0 radical (unpaired) electrons. The first kappa shape index (κ1) is 18.4. The molecular weight excluding hydrogens is 342 g/mol. The van der Waals surface area contributed by atoms with Crippen LogP contribution in [0, 0.1) is 0 Å². The van der Waals surface area contributed by atoms with Crippen molar-refractivity contribution in [3.63, 3.8) is 0 Å². The molecule has 1 N–H and O–H groups in total. The topological polar surface area (TPSA) is 73.3 Å². The van der Waals surface area contributed by atoms with Gasteiger partial charge in [0.2, 0.25) is 5.88 Å². The Morgan fingerprint density at radius 3 is 2.41 bits per heavy atom. The maximum absolute atomic E-state index is 12.2. The number of hydrogen-bond acceptors (Lipinski definition) is 5. The van der Waals surface area contributed by atoms with Gasteiger partial charge in [-0.2, -0.15) is 0 Å². The number of carbonyl (C=O) groups is 1. The van der Waals surface area contributed by atoms with Gasteiger partial charge in [0.05, 0.1) is 12.8 Å². The first-order valence-corrected chi connectivity index (χ1v) is 8.62. The molecule has 1 heterocycles. The zero-order chi connectivity index (χ0) is 19.2. The molecule has 138 valence electrons. The maximum Gasteiger partial charge on any atom is 0.251 e. The second kappa shape index (κ2) is 8.31. The van der Waals surface area contributed by atoms with E-state index in [1.807, 2.05) is 44.2 Å². The highest BCUT2D eigenvalue weighted by atomic mass is 16.5. The van der Waals surface area contributed by atoms with Crippen molar-refractivity contribution in [3.8, 4) is 28.6 Å². The van der Waals surface area contributed by atoms with E-state index in [2.05, 4.69) is 15.5 Å². The zero-order valence-corrected chi connectivity index (χ0v) is 15.5. The van der Waals surface area contributed by atoms with Crippen molar-refractivity contribution in [3.05, 3.63) is 66.2 Å². The van der Waals surface area contributed by atoms with Crippen molar-refractivity contribution < 1.29 is 14.3 Å². The number of amides is 1. The van der Waals surface area contributed by atoms with E-state index < -0.39 is 0 Å². The minimum Gasteiger partial charge on any atom is -0.493 e. The van der Waals surface area contributed by atoms with Crippen molar-refractivity contribution >= 4 is 5.91 Å². The molecular formula is C21H21N3O3. The largest absolute Gasteiger partial charge is 0.493 e. The number of carbonyl (C=O) groups excluding carboxylic acids is 1. The van der Waals surface area contributed by atoms with Gasteiger partial charge in [0, 0.05) is 23.2 Å². The summed E-state index contributed by atoms with van der Waals surface area (Å²) in [6, 6.07) is 18.2. The van der Waals surface area contributed by atoms with Crippen molar-refractivity contribution in [2.24, 2.45) is 0 Å². The van der Waals surface area contributed by atoms with Gasteiger partial charge in [0.25, 0.3) is 5.91 Å². The first-order chi connectivity index (χ1) is 13.1. The monoisotopic (exact) mass is 363 g/mol. The molecule has 0 saturated carbocycles. The molecule has 0 aliphatic rings. The average Bonchev–Trinajstić information content (AvgIpc) is 2.68. The minimum atomic E-state index is -0.115. The van der Waals surface area contributed by atoms with E-state index in [1.165, 1.54) is 0 Å². The number of methoxy groups -OCH3 is 1. The predicted octanol–water partition coefficient (Wildman–Crippen LogP) is 4.08. The van der Waals surface area contributed by atoms with Crippen LogP contribution in [-0.4, -0.2) is 29.3 Å². The first-order valence-electron chi connectivity index (χ1n) is 8.62. The third-order valence-corrected chi connectivity index (χ3v) is 3.76. The molecule has 2 aromatic carbocycles. The molecule has 0 atom stereocenters. The molecule has 0 fully saturated rings. The highest BCUT2D eigenvalue weighted by molar-refractivity contribution is 5.95. The van der Waals surface area contributed by atoms with Gasteiger partial charge in [-0.15, -0.1) is 10.2 Å². The normalized spacial score (nSPS) is 10.5. The highest BCUT2D eigenvalue weighted by Gasteiger charge is 2.10. The molecule has 3 aromatic rings. The van der Waals surface area contributed by atoms with Crippen molar-refractivity contribution in [2.75, 3.05) is 7.11 Å². The number of nitrogens with one attached hydrogen (secondary N) is 1. The standard InChI is InChI=1S/C21H21N3O3/c1-14(2)22-21(25)16-8-6-7-15(13-16)17-11-12-20(24-23-17)27-19-10-5-4-9-18(19)26-3/h4-14H,1-3H3,(H,22,25). The van der Waals surface area contributed by atoms with Crippen LogP contribution >= 0.6 is 0 Å². The molecule has 0 spiro atoms. The summed E-state index contributed by atoms with van der Waals surface area (Å²) < 4.78 is 11.0. The minimum absolute atomic E-state index is 0.0763. The Labute approximate surface area is 158 Å². The van der Waals surface area contributed by atoms with Gasteiger partial charge in [-0.05, 0) is 44.2 Å². The number of rotatable bonds is 6. The summed E-state index contributed by atoms with van der Waals surface area (Å²) in [4.78, 5) is 12.2. The van der Waals surface area contributed by atoms with Gasteiger partial charge in [-0.1, -0.05) is 24.3 Å². The lowest BCUT2D eigenvalue weighted by Crippen LogP contribution is -2.30. The van der Waals surface area contributed by atoms with Crippen LogP contribution in [0.5, 0.6) is 17.4 Å². The van der Waals surface area contributed by atoms with E-state index in [0.29, 0.717) is 28.6 Å². The van der Waals surface area contributed by atoms with E-state index in [-0.39, 0.29) is 11.9 Å². The van der Waals surface area contributed by atoms with Gasteiger partial charge < -0.3 is 14.8 Å². The Morgan fingerprint density at radius 1 is 0.963 bits per heavy atom. The van der Waals surface area contributed by atoms with Gasteiger partial charge >= 0.3 is 0 Å². The lowest BCUT2D eigenvalue weighted by Gasteiger charge is -2.10. The van der Waals surface area contributed by atoms with Gasteiger partial charge in [-0.3, -0.25) is 4.79 Å². The van der Waals surface area contributed by atoms with E-state index >= 15 is 0 Å². The lowest BCUT2D eigenvalue weighted by molar-refractivity contribution is 0.0943. The summed E-state index contributed by atoms with van der Waals surface area (Å²) in [5.41, 5.74) is 2.04. The number of nitrogens with zero attached hydrogens (tertiary/aromatic N) is 2. The number of benzene rings is 2. The Balaban J connectivity index is 1.78. The third kappa shape index (κ3) is 4.61. The molecule has 1 aromatic heterocycles. The second-order valence-corrected chi connectivity index (χ2v) is 6.22. The molecule has 1 amide bonds. The molecule has 3 rings (SSSR count). The predicted molar refractivity (Wildman–Crippen MR) is 103 cm³/mol. The van der Waals surface area contributed by atoms with Crippen LogP contribution in [-0.2, 0) is 0 Å². The van der Waals surface area contributed by atoms with Gasteiger partial charge in [0.15, 0.2) is 11.5 Å². The van der Waals surface area contributed by atoms with E-state index in [9.17, 15) is 4.79 Å². The number of para-hydroxylation sites is 2. The Kier molecular flexibility index (Phi) is 5.66.